The van der Waals surface area contributed by atoms with Gasteiger partial charge in [-0.15, -0.1) is 0 Å². The molecule has 5 rings (SSSR count). The molecule has 4 heterocycles. The lowest BCUT2D eigenvalue weighted by Crippen LogP contribution is -2.47. The SMILES string of the molecule is Cc1nc2c(F)cc(-c3nc(Nc4ccc5c(n4)CCN(C[C@@H](N)NO)C5)ncc3F)cc2n1C(C)C. The average molecular weight is 510 g/mol. The number of hydrogen-bond acceptors (Lipinski definition) is 9. The number of rotatable bonds is 7. The van der Waals surface area contributed by atoms with E-state index in [0.29, 0.717) is 42.2 Å². The second-order valence-electron chi connectivity index (χ2n) is 9.49. The maximum Gasteiger partial charge on any atom is 0.229 e. The smallest absolute Gasteiger partial charge is 0.229 e. The number of aryl methyl sites for hydroxylation is 1. The van der Waals surface area contributed by atoms with Crippen LogP contribution in [0.3, 0.4) is 0 Å². The molecule has 4 aromatic rings. The van der Waals surface area contributed by atoms with Crippen molar-refractivity contribution in [1.82, 2.24) is 34.9 Å². The van der Waals surface area contributed by atoms with E-state index >= 15 is 0 Å². The van der Waals surface area contributed by atoms with Crippen molar-refractivity contribution in [2.75, 3.05) is 18.4 Å². The Labute approximate surface area is 212 Å². The Balaban J connectivity index is 1.42. The van der Waals surface area contributed by atoms with Crippen molar-refractivity contribution < 1.29 is 14.0 Å². The lowest BCUT2D eigenvalue weighted by Gasteiger charge is -2.29. The third-order valence-corrected chi connectivity index (χ3v) is 6.45. The van der Waals surface area contributed by atoms with Crippen LogP contribution in [0.5, 0.6) is 0 Å². The highest BCUT2D eigenvalue weighted by Gasteiger charge is 2.21. The highest BCUT2D eigenvalue weighted by atomic mass is 19.1. The van der Waals surface area contributed by atoms with E-state index in [4.69, 9.17) is 10.9 Å². The van der Waals surface area contributed by atoms with E-state index < -0.39 is 17.8 Å². The van der Waals surface area contributed by atoms with E-state index in [2.05, 4.69) is 35.6 Å². The number of anilines is 2. The van der Waals surface area contributed by atoms with Gasteiger partial charge in [-0.2, -0.15) is 5.48 Å². The van der Waals surface area contributed by atoms with Crippen LogP contribution in [-0.4, -0.2) is 53.9 Å². The van der Waals surface area contributed by atoms with E-state index in [1.165, 1.54) is 6.07 Å². The van der Waals surface area contributed by atoms with Gasteiger partial charge in [0.15, 0.2) is 11.6 Å². The summed E-state index contributed by atoms with van der Waals surface area (Å²) in [6.07, 6.45) is 1.25. The standard InChI is InChI=1S/C25H29F2N9O/c1-13(2)36-14(3)30-24-17(26)8-16(9-20(24)36)23-18(27)10-29-25(33-23)32-22-5-4-15-11-35(12-21(28)34-37)7-6-19(15)31-22/h4-5,8-10,13,21,34,37H,6-7,11-12,28H2,1-3H3,(H,29,31,32,33)/t21-/m0/s1. The van der Waals surface area contributed by atoms with Crippen molar-refractivity contribution in [3.05, 3.63) is 59.2 Å². The molecule has 5 N–H and O–H groups in total. The number of nitrogens with zero attached hydrogens (tertiary/aromatic N) is 6. The zero-order chi connectivity index (χ0) is 26.3. The Morgan fingerprint density at radius 3 is 2.70 bits per heavy atom. The molecule has 0 unspecified atom stereocenters. The Morgan fingerprint density at radius 1 is 1.14 bits per heavy atom. The van der Waals surface area contributed by atoms with Crippen LogP contribution < -0.4 is 16.5 Å². The summed E-state index contributed by atoms with van der Waals surface area (Å²) in [5.74, 6) is 0.152. The van der Waals surface area contributed by atoms with Crippen LogP contribution in [0, 0.1) is 18.6 Å². The van der Waals surface area contributed by atoms with Crippen molar-refractivity contribution >= 4 is 22.8 Å². The normalized spacial score (nSPS) is 14.8. The summed E-state index contributed by atoms with van der Waals surface area (Å²) < 4.78 is 31.7. The number of nitrogens with one attached hydrogen (secondary N) is 2. The molecule has 0 fully saturated rings. The minimum absolute atomic E-state index is 0.0186. The monoisotopic (exact) mass is 509 g/mol. The Bertz CT molecular complexity index is 1460. The van der Waals surface area contributed by atoms with Crippen LogP contribution in [0.4, 0.5) is 20.5 Å². The number of imidazole rings is 1. The molecule has 0 bridgehead atoms. The Morgan fingerprint density at radius 2 is 1.95 bits per heavy atom. The molecule has 0 saturated heterocycles. The molecule has 1 aromatic carbocycles. The van der Waals surface area contributed by atoms with Gasteiger partial charge in [0.05, 0.1) is 17.9 Å². The second kappa shape index (κ2) is 10.1. The fourth-order valence-electron chi connectivity index (χ4n) is 4.82. The molecule has 3 aromatic heterocycles. The molecule has 0 aliphatic carbocycles. The fraction of sp³-hybridized carbons (Fsp3) is 0.360. The predicted molar refractivity (Wildman–Crippen MR) is 135 cm³/mol. The van der Waals surface area contributed by atoms with Crippen LogP contribution in [-0.2, 0) is 13.0 Å². The lowest BCUT2D eigenvalue weighted by molar-refractivity contribution is 0.0986. The van der Waals surface area contributed by atoms with Crippen molar-refractivity contribution in [1.29, 1.82) is 0 Å². The number of hydrogen-bond donors (Lipinski definition) is 4. The van der Waals surface area contributed by atoms with E-state index in [9.17, 15) is 8.78 Å². The summed E-state index contributed by atoms with van der Waals surface area (Å²) in [4.78, 5) is 19.6. The van der Waals surface area contributed by atoms with Crippen molar-refractivity contribution in [3.8, 4) is 11.3 Å². The van der Waals surface area contributed by atoms with Gasteiger partial charge in [-0.25, -0.2) is 28.7 Å². The van der Waals surface area contributed by atoms with Crippen LogP contribution in [0.1, 0.15) is 37.0 Å². The number of nitrogens with two attached hydrogens (primary N) is 1. The first-order chi connectivity index (χ1) is 17.7. The zero-order valence-electron chi connectivity index (χ0n) is 20.8. The number of halogens is 2. The topological polar surface area (TPSA) is 130 Å². The second-order valence-corrected chi connectivity index (χ2v) is 9.49. The van der Waals surface area contributed by atoms with Gasteiger partial charge in [-0.3, -0.25) is 4.90 Å². The first-order valence-electron chi connectivity index (χ1n) is 12.1. The third-order valence-electron chi connectivity index (χ3n) is 6.45. The van der Waals surface area contributed by atoms with Gasteiger partial charge in [-0.1, -0.05) is 6.07 Å². The Hall–Kier alpha value is -3.58. The van der Waals surface area contributed by atoms with Crippen molar-refractivity contribution in [3.63, 3.8) is 0 Å². The van der Waals surface area contributed by atoms with Gasteiger partial charge in [0.25, 0.3) is 0 Å². The number of benzene rings is 1. The Kier molecular flexibility index (Phi) is 6.82. The summed E-state index contributed by atoms with van der Waals surface area (Å²) in [7, 11) is 0. The number of aromatic nitrogens is 5. The quantitative estimate of drug-likeness (QED) is 0.219. The maximum absolute atomic E-state index is 15.0. The molecule has 12 heteroatoms. The van der Waals surface area contributed by atoms with E-state index in [1.807, 2.05) is 31.4 Å². The molecule has 10 nitrogen and oxygen atoms in total. The molecule has 1 aliphatic heterocycles. The van der Waals surface area contributed by atoms with Gasteiger partial charge in [0.2, 0.25) is 5.95 Å². The van der Waals surface area contributed by atoms with Gasteiger partial charge in [0, 0.05) is 43.4 Å². The summed E-state index contributed by atoms with van der Waals surface area (Å²) in [5, 5.41) is 12.0. The van der Waals surface area contributed by atoms with Crippen molar-refractivity contribution in [2.45, 2.75) is 45.9 Å². The summed E-state index contributed by atoms with van der Waals surface area (Å²) in [6.45, 7) is 7.70. The van der Waals surface area contributed by atoms with Crippen LogP contribution in [0.25, 0.3) is 22.3 Å². The lowest BCUT2D eigenvalue weighted by atomic mass is 10.1. The van der Waals surface area contributed by atoms with Gasteiger partial charge in [0.1, 0.15) is 22.9 Å². The maximum atomic E-state index is 15.0. The molecule has 1 atom stereocenters. The van der Waals surface area contributed by atoms with Crippen LogP contribution >= 0.6 is 0 Å². The van der Waals surface area contributed by atoms with Crippen LogP contribution in [0.2, 0.25) is 0 Å². The first kappa shape index (κ1) is 25.1. The summed E-state index contributed by atoms with van der Waals surface area (Å²) >= 11 is 0. The third kappa shape index (κ3) is 5.01. The van der Waals surface area contributed by atoms with Gasteiger partial charge in [-0.05, 0) is 44.5 Å². The van der Waals surface area contributed by atoms with Crippen LogP contribution in [0.15, 0.2) is 30.5 Å². The highest BCUT2D eigenvalue weighted by molar-refractivity contribution is 5.83. The fourth-order valence-corrected chi connectivity index (χ4v) is 4.82. The average Bonchev–Trinajstić information content (AvgIpc) is 3.21. The molecular formula is C25H29F2N9O. The summed E-state index contributed by atoms with van der Waals surface area (Å²) in [6, 6.07) is 6.76. The molecule has 0 saturated carbocycles. The molecule has 0 radical (unpaired) electrons. The van der Waals surface area contributed by atoms with Gasteiger partial charge >= 0.3 is 0 Å². The molecule has 37 heavy (non-hydrogen) atoms. The van der Waals surface area contributed by atoms with Gasteiger partial charge < -0.3 is 20.8 Å². The zero-order valence-corrected chi connectivity index (χ0v) is 20.8. The van der Waals surface area contributed by atoms with Crippen molar-refractivity contribution in [2.24, 2.45) is 5.73 Å². The minimum Gasteiger partial charge on any atom is -0.326 e. The molecule has 0 amide bonds. The molecule has 1 aliphatic rings. The minimum atomic E-state index is -0.661. The first-order valence-corrected chi connectivity index (χ1v) is 12.1. The number of pyridine rings is 1. The summed E-state index contributed by atoms with van der Waals surface area (Å²) in [5.41, 5.74) is 10.9. The van der Waals surface area contributed by atoms with E-state index in [1.54, 1.807) is 12.1 Å². The van der Waals surface area contributed by atoms with E-state index in [-0.39, 0.29) is 23.2 Å². The number of fused-ring (bicyclic) bond motifs is 2. The predicted octanol–water partition coefficient (Wildman–Crippen LogP) is 3.42. The highest BCUT2D eigenvalue weighted by Crippen LogP contribution is 2.30. The molecule has 194 valence electrons. The largest absolute Gasteiger partial charge is 0.326 e. The van der Waals surface area contributed by atoms with E-state index in [0.717, 1.165) is 24.0 Å². The number of hydroxylamine groups is 1. The molecular weight excluding hydrogens is 480 g/mol. The molecule has 0 spiro atoms.